The van der Waals surface area contributed by atoms with Crippen molar-refractivity contribution in [1.29, 1.82) is 0 Å². The Morgan fingerprint density at radius 2 is 2.33 bits per heavy atom. The highest BCUT2D eigenvalue weighted by molar-refractivity contribution is 5.55. The minimum Gasteiger partial charge on any atom is -0.358 e. The van der Waals surface area contributed by atoms with Crippen molar-refractivity contribution < 1.29 is 4.92 Å². The second-order valence-corrected chi connectivity index (χ2v) is 4.88. The average molecular weight is 253 g/mol. The second-order valence-electron chi connectivity index (χ2n) is 4.88. The topological polar surface area (TPSA) is 90.2 Å². The molecule has 0 bridgehead atoms. The number of imidazole rings is 1. The van der Waals surface area contributed by atoms with Crippen LogP contribution in [-0.4, -0.2) is 33.1 Å². The van der Waals surface area contributed by atoms with Crippen LogP contribution in [0, 0.1) is 10.1 Å². The summed E-state index contributed by atoms with van der Waals surface area (Å²) in [5.41, 5.74) is 6.00. The van der Waals surface area contributed by atoms with Gasteiger partial charge in [-0.05, 0) is 36.1 Å². The van der Waals surface area contributed by atoms with Gasteiger partial charge < -0.3 is 20.7 Å². The lowest BCUT2D eigenvalue weighted by molar-refractivity contribution is -0.388. The predicted molar refractivity (Wildman–Crippen MR) is 68.5 cm³/mol. The molecule has 7 heteroatoms. The predicted octanol–water partition coefficient (Wildman–Crippen LogP) is 1.03. The SMILES string of the molecule is CC(N)C1CCCCN1c1c([N+](=O)[O-])ncn1C. The van der Waals surface area contributed by atoms with Gasteiger partial charge in [-0.15, -0.1) is 0 Å². The number of aromatic nitrogens is 2. The number of rotatable bonds is 3. The zero-order chi connectivity index (χ0) is 13.3. The molecule has 2 rings (SSSR count). The van der Waals surface area contributed by atoms with Gasteiger partial charge in [0.1, 0.15) is 0 Å². The zero-order valence-electron chi connectivity index (χ0n) is 10.7. The monoisotopic (exact) mass is 253 g/mol. The van der Waals surface area contributed by atoms with E-state index in [9.17, 15) is 10.1 Å². The molecule has 2 N–H and O–H groups in total. The lowest BCUT2D eigenvalue weighted by atomic mass is 9.97. The number of nitrogens with zero attached hydrogens (tertiary/aromatic N) is 4. The summed E-state index contributed by atoms with van der Waals surface area (Å²) in [5.74, 6) is 0.493. The Kier molecular flexibility index (Phi) is 3.51. The summed E-state index contributed by atoms with van der Waals surface area (Å²) in [6.45, 7) is 2.75. The molecule has 1 aromatic heterocycles. The van der Waals surface area contributed by atoms with Crippen LogP contribution in [0.3, 0.4) is 0 Å². The number of hydrogen-bond donors (Lipinski definition) is 1. The lowest BCUT2D eigenvalue weighted by Crippen LogP contribution is -2.50. The first kappa shape index (κ1) is 12.8. The van der Waals surface area contributed by atoms with Crippen molar-refractivity contribution >= 4 is 11.6 Å². The molecular weight excluding hydrogens is 234 g/mol. The van der Waals surface area contributed by atoms with Crippen molar-refractivity contribution in [2.75, 3.05) is 11.4 Å². The zero-order valence-corrected chi connectivity index (χ0v) is 10.7. The molecule has 0 aliphatic carbocycles. The lowest BCUT2D eigenvalue weighted by Gasteiger charge is -2.38. The van der Waals surface area contributed by atoms with Gasteiger partial charge in [-0.2, -0.15) is 0 Å². The summed E-state index contributed by atoms with van der Waals surface area (Å²) >= 11 is 0. The molecule has 100 valence electrons. The van der Waals surface area contributed by atoms with E-state index in [-0.39, 0.29) is 17.9 Å². The van der Waals surface area contributed by atoms with Gasteiger partial charge in [0.2, 0.25) is 12.1 Å². The van der Waals surface area contributed by atoms with Crippen LogP contribution in [0.5, 0.6) is 0 Å². The maximum Gasteiger partial charge on any atom is 0.406 e. The third-order valence-electron chi connectivity index (χ3n) is 3.49. The number of piperidine rings is 1. The van der Waals surface area contributed by atoms with Gasteiger partial charge in [0.15, 0.2) is 0 Å². The molecule has 0 spiro atoms. The summed E-state index contributed by atoms with van der Waals surface area (Å²) in [7, 11) is 1.78. The Balaban J connectivity index is 2.39. The van der Waals surface area contributed by atoms with E-state index in [2.05, 4.69) is 4.98 Å². The molecule has 1 aliphatic heterocycles. The van der Waals surface area contributed by atoms with Crippen LogP contribution in [0.4, 0.5) is 11.6 Å². The fourth-order valence-electron chi connectivity index (χ4n) is 2.64. The van der Waals surface area contributed by atoms with E-state index in [0.717, 1.165) is 25.8 Å². The van der Waals surface area contributed by atoms with E-state index in [4.69, 9.17) is 5.73 Å². The average Bonchev–Trinajstić information content (AvgIpc) is 2.71. The molecule has 2 unspecified atom stereocenters. The maximum atomic E-state index is 11.0. The Morgan fingerprint density at radius 3 is 2.94 bits per heavy atom. The Morgan fingerprint density at radius 1 is 1.61 bits per heavy atom. The van der Waals surface area contributed by atoms with Gasteiger partial charge in [-0.1, -0.05) is 0 Å². The molecule has 1 aromatic rings. The van der Waals surface area contributed by atoms with Crippen molar-refractivity contribution in [3.05, 3.63) is 16.4 Å². The van der Waals surface area contributed by atoms with E-state index < -0.39 is 4.92 Å². The smallest absolute Gasteiger partial charge is 0.358 e. The Hall–Kier alpha value is -1.63. The molecule has 1 aliphatic rings. The fourth-order valence-corrected chi connectivity index (χ4v) is 2.64. The molecule has 0 radical (unpaired) electrons. The molecule has 0 amide bonds. The summed E-state index contributed by atoms with van der Waals surface area (Å²) in [6.07, 6.45) is 4.61. The van der Waals surface area contributed by atoms with Crippen molar-refractivity contribution in [2.45, 2.75) is 38.3 Å². The standard InChI is InChI=1S/C11H19N5O2/c1-8(12)9-5-3-4-6-15(9)11-10(16(17)18)13-7-14(11)2/h7-9H,3-6,12H2,1-2H3. The third-order valence-corrected chi connectivity index (χ3v) is 3.49. The third kappa shape index (κ3) is 2.17. The first-order valence-electron chi connectivity index (χ1n) is 6.20. The van der Waals surface area contributed by atoms with Crippen molar-refractivity contribution in [2.24, 2.45) is 12.8 Å². The minimum atomic E-state index is -0.428. The van der Waals surface area contributed by atoms with Gasteiger partial charge >= 0.3 is 5.82 Å². The molecule has 18 heavy (non-hydrogen) atoms. The summed E-state index contributed by atoms with van der Waals surface area (Å²) < 4.78 is 1.71. The second kappa shape index (κ2) is 4.93. The number of hydrogen-bond acceptors (Lipinski definition) is 5. The van der Waals surface area contributed by atoms with E-state index in [1.807, 2.05) is 11.8 Å². The molecule has 2 heterocycles. The number of nitro groups is 1. The first-order chi connectivity index (χ1) is 8.52. The van der Waals surface area contributed by atoms with Crippen LogP contribution < -0.4 is 10.6 Å². The van der Waals surface area contributed by atoms with Crippen molar-refractivity contribution in [1.82, 2.24) is 9.55 Å². The first-order valence-corrected chi connectivity index (χ1v) is 6.20. The van der Waals surface area contributed by atoms with Crippen molar-refractivity contribution in [3.63, 3.8) is 0 Å². The van der Waals surface area contributed by atoms with Crippen LogP contribution in [0.25, 0.3) is 0 Å². The molecule has 2 atom stereocenters. The van der Waals surface area contributed by atoms with E-state index in [1.165, 1.54) is 6.33 Å². The molecule has 0 saturated carbocycles. The van der Waals surface area contributed by atoms with Crippen LogP contribution >= 0.6 is 0 Å². The number of anilines is 1. The van der Waals surface area contributed by atoms with Gasteiger partial charge in [-0.3, -0.25) is 4.57 Å². The Bertz CT molecular complexity index is 443. The van der Waals surface area contributed by atoms with Crippen LogP contribution in [0.2, 0.25) is 0 Å². The largest absolute Gasteiger partial charge is 0.406 e. The summed E-state index contributed by atoms with van der Waals surface area (Å²) in [6, 6.07) is 0.132. The van der Waals surface area contributed by atoms with E-state index in [0.29, 0.717) is 5.82 Å². The van der Waals surface area contributed by atoms with Crippen LogP contribution in [0.1, 0.15) is 26.2 Å². The van der Waals surface area contributed by atoms with E-state index >= 15 is 0 Å². The molecule has 0 aromatic carbocycles. The Labute approximate surface area is 106 Å². The summed E-state index contributed by atoms with van der Waals surface area (Å²) in [5, 5.41) is 11.0. The van der Waals surface area contributed by atoms with Crippen molar-refractivity contribution in [3.8, 4) is 0 Å². The molecule has 7 nitrogen and oxygen atoms in total. The minimum absolute atomic E-state index is 0.0141. The van der Waals surface area contributed by atoms with Gasteiger partial charge in [0, 0.05) is 25.7 Å². The number of aryl methyl sites for hydroxylation is 1. The highest BCUT2D eigenvalue weighted by Crippen LogP contribution is 2.32. The molecule has 1 fully saturated rings. The van der Waals surface area contributed by atoms with Gasteiger partial charge in [0.25, 0.3) is 0 Å². The van der Waals surface area contributed by atoms with E-state index in [1.54, 1.807) is 11.6 Å². The van der Waals surface area contributed by atoms with Crippen LogP contribution in [0.15, 0.2) is 6.33 Å². The van der Waals surface area contributed by atoms with Crippen LogP contribution in [-0.2, 0) is 7.05 Å². The molecular formula is C11H19N5O2. The number of nitrogens with two attached hydrogens (primary N) is 1. The molecule has 1 saturated heterocycles. The maximum absolute atomic E-state index is 11.0. The fraction of sp³-hybridized carbons (Fsp3) is 0.727. The highest BCUT2D eigenvalue weighted by atomic mass is 16.6. The summed E-state index contributed by atoms with van der Waals surface area (Å²) in [4.78, 5) is 16.5. The van der Waals surface area contributed by atoms with Gasteiger partial charge in [-0.25, -0.2) is 0 Å². The van der Waals surface area contributed by atoms with Gasteiger partial charge in [0.05, 0.1) is 0 Å². The normalized spacial score (nSPS) is 21.9. The quantitative estimate of drug-likeness (QED) is 0.642. The highest BCUT2D eigenvalue weighted by Gasteiger charge is 2.33.